The minimum Gasteiger partial charge on any atom is -0.317 e. The molecule has 1 N–H and O–H groups in total. The molecule has 1 atom stereocenters. The Morgan fingerprint density at radius 1 is 1.30 bits per heavy atom. The Labute approximate surface area is 122 Å². The van der Waals surface area contributed by atoms with E-state index < -0.39 is 0 Å². The van der Waals surface area contributed by atoms with Crippen LogP contribution in [0.15, 0.2) is 0 Å². The number of aryl methyl sites for hydroxylation is 1. The number of hydrogen-bond donors (Lipinski definition) is 1. The summed E-state index contributed by atoms with van der Waals surface area (Å²) < 4.78 is 2.09. The Morgan fingerprint density at radius 2 is 2.05 bits per heavy atom. The third kappa shape index (κ3) is 4.28. The van der Waals surface area contributed by atoms with Crippen molar-refractivity contribution in [2.45, 2.75) is 52.6 Å². The van der Waals surface area contributed by atoms with E-state index in [1.54, 1.807) is 0 Å². The summed E-state index contributed by atoms with van der Waals surface area (Å²) in [5.74, 6) is 2.81. The largest absolute Gasteiger partial charge is 0.317 e. The van der Waals surface area contributed by atoms with Crippen LogP contribution in [0.3, 0.4) is 0 Å². The predicted molar refractivity (Wildman–Crippen MR) is 81.5 cm³/mol. The number of hydrogen-bond acceptors (Lipinski definition) is 4. The topological polar surface area (TPSA) is 46.0 Å². The maximum absolute atomic E-state index is 4.28. The fraction of sp³-hybridized carbons (Fsp3) is 0.867. The van der Waals surface area contributed by atoms with E-state index in [1.165, 1.54) is 19.4 Å². The van der Waals surface area contributed by atoms with Gasteiger partial charge in [0.15, 0.2) is 0 Å². The van der Waals surface area contributed by atoms with Crippen LogP contribution >= 0.6 is 0 Å². The van der Waals surface area contributed by atoms with Crippen molar-refractivity contribution in [1.29, 1.82) is 0 Å². The van der Waals surface area contributed by atoms with Crippen molar-refractivity contribution in [3.63, 3.8) is 0 Å². The summed E-state index contributed by atoms with van der Waals surface area (Å²) in [6, 6.07) is 0. The van der Waals surface area contributed by atoms with Gasteiger partial charge in [-0.1, -0.05) is 0 Å². The van der Waals surface area contributed by atoms with Crippen LogP contribution in [0.4, 0.5) is 0 Å². The summed E-state index contributed by atoms with van der Waals surface area (Å²) in [7, 11) is 2.05. The van der Waals surface area contributed by atoms with Gasteiger partial charge in [-0.05, 0) is 59.5 Å². The zero-order valence-electron chi connectivity index (χ0n) is 13.6. The van der Waals surface area contributed by atoms with Gasteiger partial charge < -0.3 is 9.88 Å². The van der Waals surface area contributed by atoms with Gasteiger partial charge in [-0.25, -0.2) is 0 Å². The molecule has 0 aliphatic carbocycles. The average molecular weight is 279 g/mol. The lowest BCUT2D eigenvalue weighted by atomic mass is 9.96. The molecule has 0 saturated carbocycles. The first-order valence-corrected chi connectivity index (χ1v) is 7.67. The van der Waals surface area contributed by atoms with Gasteiger partial charge in [0.1, 0.15) is 11.6 Å². The minimum atomic E-state index is 0.211. The molecule has 0 amide bonds. The zero-order chi connectivity index (χ0) is 14.8. The van der Waals surface area contributed by atoms with Crippen LogP contribution in [0, 0.1) is 12.8 Å². The maximum Gasteiger partial charge on any atom is 0.146 e. The monoisotopic (exact) mass is 279 g/mol. The standard InChI is InChI=1S/C15H29N5/c1-12-17-18-14(19(12)5)11-20-8-6-7-13(10-20)9-16-15(2,3)4/h13,16H,6-11H2,1-5H3. The molecule has 5 heteroatoms. The van der Waals surface area contributed by atoms with Crippen LogP contribution in [0.25, 0.3) is 0 Å². The molecule has 0 aromatic carbocycles. The fourth-order valence-electron chi connectivity index (χ4n) is 2.70. The van der Waals surface area contributed by atoms with Crippen molar-refractivity contribution in [1.82, 2.24) is 25.0 Å². The molecular weight excluding hydrogens is 250 g/mol. The summed E-state index contributed by atoms with van der Waals surface area (Å²) in [5.41, 5.74) is 0.211. The van der Waals surface area contributed by atoms with E-state index in [1.807, 2.05) is 14.0 Å². The Kier molecular flexibility index (Phi) is 4.81. The highest BCUT2D eigenvalue weighted by atomic mass is 15.3. The molecule has 0 bridgehead atoms. The fourth-order valence-corrected chi connectivity index (χ4v) is 2.70. The summed E-state index contributed by atoms with van der Waals surface area (Å²) in [5, 5.41) is 12.1. The van der Waals surface area contributed by atoms with Crippen LogP contribution < -0.4 is 5.32 Å². The number of nitrogens with one attached hydrogen (secondary N) is 1. The van der Waals surface area contributed by atoms with Gasteiger partial charge >= 0.3 is 0 Å². The van der Waals surface area contributed by atoms with Crippen molar-refractivity contribution in [3.8, 4) is 0 Å². The highest BCUT2D eigenvalue weighted by molar-refractivity contribution is 4.93. The molecule has 1 fully saturated rings. The molecule has 0 radical (unpaired) electrons. The van der Waals surface area contributed by atoms with Gasteiger partial charge in [-0.15, -0.1) is 10.2 Å². The Balaban J connectivity index is 1.86. The SMILES string of the molecule is Cc1nnc(CN2CCCC(CNC(C)(C)C)C2)n1C. The molecule has 0 spiro atoms. The summed E-state index contributed by atoms with van der Waals surface area (Å²) in [4.78, 5) is 2.52. The van der Waals surface area contributed by atoms with Gasteiger partial charge in [0.25, 0.3) is 0 Å². The molecule has 5 nitrogen and oxygen atoms in total. The van der Waals surface area contributed by atoms with E-state index in [0.717, 1.165) is 37.2 Å². The third-order valence-electron chi connectivity index (χ3n) is 4.07. The summed E-state index contributed by atoms with van der Waals surface area (Å²) >= 11 is 0. The van der Waals surface area contributed by atoms with Crippen molar-refractivity contribution in [2.24, 2.45) is 13.0 Å². The number of aromatic nitrogens is 3. The lowest BCUT2D eigenvalue weighted by Crippen LogP contribution is -2.44. The van der Waals surface area contributed by atoms with Crippen LogP contribution in [-0.2, 0) is 13.6 Å². The molecular formula is C15H29N5. The minimum absolute atomic E-state index is 0.211. The first-order valence-electron chi connectivity index (χ1n) is 7.67. The lowest BCUT2D eigenvalue weighted by molar-refractivity contribution is 0.155. The first kappa shape index (κ1) is 15.4. The van der Waals surface area contributed by atoms with Crippen LogP contribution in [0.2, 0.25) is 0 Å². The predicted octanol–water partition coefficient (Wildman–Crippen LogP) is 1.72. The second-order valence-corrected chi connectivity index (χ2v) is 7.10. The van der Waals surface area contributed by atoms with E-state index in [9.17, 15) is 0 Å². The Morgan fingerprint density at radius 3 is 2.65 bits per heavy atom. The number of piperidine rings is 1. The van der Waals surface area contributed by atoms with E-state index in [4.69, 9.17) is 0 Å². The van der Waals surface area contributed by atoms with Crippen molar-refractivity contribution in [3.05, 3.63) is 11.6 Å². The average Bonchev–Trinajstić information content (AvgIpc) is 2.68. The highest BCUT2D eigenvalue weighted by Crippen LogP contribution is 2.18. The van der Waals surface area contributed by atoms with Crippen molar-refractivity contribution < 1.29 is 0 Å². The van der Waals surface area contributed by atoms with Crippen LogP contribution in [0.1, 0.15) is 45.3 Å². The molecule has 1 aromatic heterocycles. The molecule has 114 valence electrons. The second-order valence-electron chi connectivity index (χ2n) is 7.10. The highest BCUT2D eigenvalue weighted by Gasteiger charge is 2.22. The molecule has 1 aromatic rings. The molecule has 1 aliphatic rings. The smallest absolute Gasteiger partial charge is 0.146 e. The van der Waals surface area contributed by atoms with E-state index in [-0.39, 0.29) is 5.54 Å². The van der Waals surface area contributed by atoms with Gasteiger partial charge in [0, 0.05) is 19.1 Å². The molecule has 2 rings (SSSR count). The second kappa shape index (κ2) is 6.22. The van der Waals surface area contributed by atoms with Gasteiger partial charge in [0.2, 0.25) is 0 Å². The molecule has 2 heterocycles. The summed E-state index contributed by atoms with van der Waals surface area (Å²) in [6.45, 7) is 13.1. The normalized spacial score (nSPS) is 21.4. The molecule has 20 heavy (non-hydrogen) atoms. The van der Waals surface area contributed by atoms with Crippen LogP contribution in [0.5, 0.6) is 0 Å². The number of likely N-dealkylation sites (tertiary alicyclic amines) is 1. The van der Waals surface area contributed by atoms with Crippen LogP contribution in [-0.4, -0.2) is 44.8 Å². The Hall–Kier alpha value is -0.940. The quantitative estimate of drug-likeness (QED) is 0.911. The summed E-state index contributed by atoms with van der Waals surface area (Å²) in [6.07, 6.45) is 2.62. The number of rotatable bonds is 4. The molecule has 1 unspecified atom stereocenters. The van der Waals surface area contributed by atoms with E-state index >= 15 is 0 Å². The van der Waals surface area contributed by atoms with Gasteiger partial charge in [-0.2, -0.15) is 0 Å². The number of nitrogens with zero attached hydrogens (tertiary/aromatic N) is 4. The molecule has 1 saturated heterocycles. The lowest BCUT2D eigenvalue weighted by Gasteiger charge is -2.34. The van der Waals surface area contributed by atoms with Crippen molar-refractivity contribution >= 4 is 0 Å². The Bertz CT molecular complexity index is 432. The third-order valence-corrected chi connectivity index (χ3v) is 4.07. The van der Waals surface area contributed by atoms with Gasteiger partial charge in [-0.3, -0.25) is 4.90 Å². The van der Waals surface area contributed by atoms with E-state index in [2.05, 4.69) is 45.8 Å². The van der Waals surface area contributed by atoms with Gasteiger partial charge in [0.05, 0.1) is 6.54 Å². The van der Waals surface area contributed by atoms with Crippen molar-refractivity contribution in [2.75, 3.05) is 19.6 Å². The first-order chi connectivity index (χ1) is 9.35. The zero-order valence-corrected chi connectivity index (χ0v) is 13.6. The maximum atomic E-state index is 4.28. The molecule has 1 aliphatic heterocycles. The van der Waals surface area contributed by atoms with E-state index in [0.29, 0.717) is 0 Å².